The summed E-state index contributed by atoms with van der Waals surface area (Å²) in [6, 6.07) is 16.8. The van der Waals surface area contributed by atoms with Crippen LogP contribution in [-0.2, 0) is 13.2 Å². The lowest BCUT2D eigenvalue weighted by Crippen LogP contribution is -2.04. The number of nitrogens with one attached hydrogen (secondary N) is 1. The van der Waals surface area contributed by atoms with Crippen LogP contribution in [0.2, 0.25) is 15.1 Å². The van der Waals surface area contributed by atoms with E-state index in [1.165, 1.54) is 0 Å². The van der Waals surface area contributed by atoms with Crippen molar-refractivity contribution in [3.63, 3.8) is 0 Å². The fraction of sp³-hybridized carbons (Fsp3) is 0.182. The lowest BCUT2D eigenvalue weighted by atomic mass is 10.2. The minimum absolute atomic E-state index is 0.351. The Morgan fingerprint density at radius 2 is 1.62 bits per heavy atom. The van der Waals surface area contributed by atoms with E-state index in [0.29, 0.717) is 46.3 Å². The Kier molecular flexibility index (Phi) is 7.96. The molecule has 1 N–H and O–H groups in total. The van der Waals surface area contributed by atoms with Gasteiger partial charge in [-0.2, -0.15) is 0 Å². The summed E-state index contributed by atoms with van der Waals surface area (Å²) in [5.74, 6) is 1.31. The summed E-state index contributed by atoms with van der Waals surface area (Å²) in [5.41, 5.74) is 2.72. The predicted octanol–water partition coefficient (Wildman–Crippen LogP) is 8.00. The molecule has 152 valence electrons. The Balaban J connectivity index is 1.77. The van der Waals surface area contributed by atoms with E-state index < -0.39 is 0 Å². The quantitative estimate of drug-likeness (QED) is 0.330. The second-order valence-electron chi connectivity index (χ2n) is 6.18. The van der Waals surface area contributed by atoms with E-state index in [4.69, 9.17) is 44.3 Å². The molecule has 0 aliphatic rings. The fourth-order valence-electron chi connectivity index (χ4n) is 2.69. The van der Waals surface area contributed by atoms with Crippen LogP contribution >= 0.6 is 50.7 Å². The van der Waals surface area contributed by atoms with Crippen LogP contribution in [0.15, 0.2) is 59.1 Å². The summed E-state index contributed by atoms with van der Waals surface area (Å²) in [6.45, 7) is 3.36. The van der Waals surface area contributed by atoms with Crippen molar-refractivity contribution in [1.29, 1.82) is 0 Å². The van der Waals surface area contributed by atoms with E-state index >= 15 is 0 Å². The highest BCUT2D eigenvalue weighted by Gasteiger charge is 2.12. The Bertz CT molecular complexity index is 998. The Labute approximate surface area is 194 Å². The molecule has 0 heterocycles. The second kappa shape index (κ2) is 10.4. The van der Waals surface area contributed by atoms with Gasteiger partial charge >= 0.3 is 0 Å². The van der Waals surface area contributed by atoms with Gasteiger partial charge in [0.15, 0.2) is 11.5 Å². The van der Waals surface area contributed by atoms with E-state index in [9.17, 15) is 0 Å². The molecule has 0 spiro atoms. The molecule has 3 aromatic carbocycles. The van der Waals surface area contributed by atoms with Gasteiger partial charge in [-0.05, 0) is 48.9 Å². The largest absolute Gasteiger partial charge is 0.490 e. The van der Waals surface area contributed by atoms with E-state index in [1.54, 1.807) is 12.1 Å². The molecule has 0 aliphatic heterocycles. The van der Waals surface area contributed by atoms with Crippen molar-refractivity contribution >= 4 is 56.4 Å². The zero-order valence-electron chi connectivity index (χ0n) is 15.6. The van der Waals surface area contributed by atoms with Crippen molar-refractivity contribution in [3.8, 4) is 11.5 Å². The molecule has 7 heteroatoms. The monoisotopic (exact) mass is 513 g/mol. The summed E-state index contributed by atoms with van der Waals surface area (Å²) in [6.07, 6.45) is 0. The first-order valence-electron chi connectivity index (χ1n) is 8.98. The van der Waals surface area contributed by atoms with Crippen molar-refractivity contribution in [2.45, 2.75) is 20.1 Å². The zero-order chi connectivity index (χ0) is 20.8. The highest BCUT2D eigenvalue weighted by atomic mass is 79.9. The first kappa shape index (κ1) is 22.1. The van der Waals surface area contributed by atoms with Crippen molar-refractivity contribution in [3.05, 3.63) is 85.3 Å². The smallest absolute Gasteiger partial charge is 0.162 e. The first-order chi connectivity index (χ1) is 14.0. The minimum atomic E-state index is 0.351. The number of hydrogen-bond donors (Lipinski definition) is 1. The van der Waals surface area contributed by atoms with Gasteiger partial charge < -0.3 is 14.8 Å². The molecule has 0 atom stereocenters. The van der Waals surface area contributed by atoms with Crippen LogP contribution < -0.4 is 14.8 Å². The van der Waals surface area contributed by atoms with Gasteiger partial charge in [0.25, 0.3) is 0 Å². The molecule has 0 saturated heterocycles. The number of ether oxygens (including phenoxy) is 2. The number of rotatable bonds is 8. The van der Waals surface area contributed by atoms with Gasteiger partial charge in [-0.15, -0.1) is 0 Å². The molecule has 0 radical (unpaired) electrons. The molecule has 0 saturated carbocycles. The van der Waals surface area contributed by atoms with Crippen LogP contribution in [0.1, 0.15) is 18.1 Å². The van der Waals surface area contributed by atoms with Crippen LogP contribution in [0.4, 0.5) is 5.69 Å². The summed E-state index contributed by atoms with van der Waals surface area (Å²) in [4.78, 5) is 0. The van der Waals surface area contributed by atoms with Gasteiger partial charge in [0.2, 0.25) is 0 Å². The van der Waals surface area contributed by atoms with E-state index in [-0.39, 0.29) is 0 Å². The number of benzene rings is 3. The van der Waals surface area contributed by atoms with Gasteiger partial charge in [-0.25, -0.2) is 0 Å². The van der Waals surface area contributed by atoms with Gasteiger partial charge in [0.05, 0.1) is 17.3 Å². The second-order valence-corrected chi connectivity index (χ2v) is 8.29. The third kappa shape index (κ3) is 5.95. The van der Waals surface area contributed by atoms with Crippen molar-refractivity contribution in [1.82, 2.24) is 0 Å². The Hall–Kier alpha value is -1.59. The summed E-state index contributed by atoms with van der Waals surface area (Å²) < 4.78 is 12.7. The highest BCUT2D eigenvalue weighted by molar-refractivity contribution is 9.10. The van der Waals surface area contributed by atoms with Crippen LogP contribution in [0.5, 0.6) is 11.5 Å². The van der Waals surface area contributed by atoms with E-state index in [0.717, 1.165) is 21.3 Å². The first-order valence-corrected chi connectivity index (χ1v) is 10.9. The maximum Gasteiger partial charge on any atom is 0.162 e. The Morgan fingerprint density at radius 3 is 2.34 bits per heavy atom. The normalized spacial score (nSPS) is 10.7. The van der Waals surface area contributed by atoms with E-state index in [1.807, 2.05) is 49.4 Å². The Morgan fingerprint density at radius 1 is 0.862 bits per heavy atom. The molecule has 3 rings (SSSR count). The van der Waals surface area contributed by atoms with Crippen LogP contribution in [-0.4, -0.2) is 6.61 Å². The van der Waals surface area contributed by atoms with Crippen LogP contribution in [0.3, 0.4) is 0 Å². The van der Waals surface area contributed by atoms with Crippen molar-refractivity contribution < 1.29 is 9.47 Å². The zero-order valence-corrected chi connectivity index (χ0v) is 19.5. The van der Waals surface area contributed by atoms with Gasteiger partial charge in [0.1, 0.15) is 6.61 Å². The predicted molar refractivity (Wildman–Crippen MR) is 125 cm³/mol. The summed E-state index contributed by atoms with van der Waals surface area (Å²) in [7, 11) is 0. The molecule has 0 unspecified atom stereocenters. The number of anilines is 1. The molecular weight excluding hydrogens is 497 g/mol. The molecule has 0 aromatic heterocycles. The lowest BCUT2D eigenvalue weighted by molar-refractivity contribution is 0.269. The number of hydrogen-bond acceptors (Lipinski definition) is 3. The maximum atomic E-state index is 6.24. The fourth-order valence-corrected chi connectivity index (χ4v) is 3.82. The summed E-state index contributed by atoms with van der Waals surface area (Å²) >= 11 is 22.0. The molecule has 0 bridgehead atoms. The molecule has 29 heavy (non-hydrogen) atoms. The molecule has 0 fully saturated rings. The molecular formula is C22H19BrCl3NO2. The van der Waals surface area contributed by atoms with Crippen molar-refractivity contribution in [2.24, 2.45) is 0 Å². The number of halogens is 4. The van der Waals surface area contributed by atoms with Crippen LogP contribution in [0.25, 0.3) is 0 Å². The average Bonchev–Trinajstić information content (AvgIpc) is 2.69. The highest BCUT2D eigenvalue weighted by Crippen LogP contribution is 2.35. The topological polar surface area (TPSA) is 30.5 Å². The summed E-state index contributed by atoms with van der Waals surface area (Å²) in [5, 5.41) is 5.15. The lowest BCUT2D eigenvalue weighted by Gasteiger charge is -2.16. The van der Waals surface area contributed by atoms with E-state index in [2.05, 4.69) is 21.2 Å². The standard InChI is InChI=1S/C22H19BrCl3NO2/c1-2-28-21-9-15(12-27-20-8-7-16(24)10-19(20)26)17(23)11-22(21)29-13-14-5-3-4-6-18(14)25/h3-11,27H,2,12-13H2,1H3. The SMILES string of the molecule is CCOc1cc(CNc2ccc(Cl)cc2Cl)c(Br)cc1OCc1ccccc1Cl. The molecule has 3 nitrogen and oxygen atoms in total. The molecule has 0 amide bonds. The van der Waals surface area contributed by atoms with Crippen molar-refractivity contribution in [2.75, 3.05) is 11.9 Å². The molecule has 3 aromatic rings. The van der Waals surface area contributed by atoms with Gasteiger partial charge in [-0.3, -0.25) is 0 Å². The van der Waals surface area contributed by atoms with Gasteiger partial charge in [-0.1, -0.05) is 68.9 Å². The minimum Gasteiger partial charge on any atom is -0.490 e. The average molecular weight is 516 g/mol. The molecule has 0 aliphatic carbocycles. The third-order valence-corrected chi connectivity index (χ3v) is 5.81. The third-order valence-electron chi connectivity index (χ3n) is 4.15. The van der Waals surface area contributed by atoms with Crippen LogP contribution in [0, 0.1) is 0 Å². The maximum absolute atomic E-state index is 6.24. The van der Waals surface area contributed by atoms with Gasteiger partial charge in [0, 0.05) is 26.6 Å².